The molecule has 9 nitrogen and oxygen atoms in total. The average Bonchev–Trinajstić information content (AvgIpc) is 3.37. The van der Waals surface area contributed by atoms with Crippen molar-refractivity contribution in [1.29, 1.82) is 0 Å². The molecule has 1 N–H and O–H groups in total. The smallest absolute Gasteiger partial charge is 0.356 e. The van der Waals surface area contributed by atoms with Crippen LogP contribution in [0.3, 0.4) is 0 Å². The Morgan fingerprint density at radius 2 is 1.90 bits per heavy atom. The Morgan fingerprint density at radius 1 is 1.16 bits per heavy atom. The quantitative estimate of drug-likeness (QED) is 0.462. The predicted octanol–water partition coefficient (Wildman–Crippen LogP) is 4.03. The van der Waals surface area contributed by atoms with Gasteiger partial charge in [0.1, 0.15) is 11.6 Å². The minimum atomic E-state index is -1.07. The molecule has 0 amide bonds. The third-order valence-corrected chi connectivity index (χ3v) is 5.55. The van der Waals surface area contributed by atoms with Crippen molar-refractivity contribution in [3.05, 3.63) is 59.1 Å². The second kappa shape index (κ2) is 8.60. The first-order valence-corrected chi connectivity index (χ1v) is 10.4. The van der Waals surface area contributed by atoms with Crippen molar-refractivity contribution in [2.75, 3.05) is 0 Å². The summed E-state index contributed by atoms with van der Waals surface area (Å²) in [5.74, 6) is -1.07. The van der Waals surface area contributed by atoms with E-state index in [0.717, 1.165) is 21.3 Å². The summed E-state index contributed by atoms with van der Waals surface area (Å²) >= 11 is 1.49. The van der Waals surface area contributed by atoms with Crippen LogP contribution in [0.25, 0.3) is 22.0 Å². The molecule has 0 aromatic carbocycles. The number of carboxylic acids is 1. The van der Waals surface area contributed by atoms with E-state index in [1.54, 1.807) is 29.2 Å². The van der Waals surface area contributed by atoms with Gasteiger partial charge in [-0.2, -0.15) is 5.10 Å². The van der Waals surface area contributed by atoms with E-state index in [2.05, 4.69) is 20.1 Å². The number of pyridine rings is 1. The lowest BCUT2D eigenvalue weighted by molar-refractivity contribution is 0.0689. The van der Waals surface area contributed by atoms with Gasteiger partial charge >= 0.3 is 12.0 Å². The van der Waals surface area contributed by atoms with Gasteiger partial charge in [0.25, 0.3) is 0 Å². The van der Waals surface area contributed by atoms with Gasteiger partial charge < -0.3 is 9.84 Å². The molecule has 0 fully saturated rings. The fourth-order valence-corrected chi connectivity index (χ4v) is 3.97. The SMILES string of the molecule is Cc1nc(COc2ncccn2)sc1-c1cccc(-c2cc(C(=O)O)nn2C(C)C)n1. The number of hydrogen-bond donors (Lipinski definition) is 1. The minimum Gasteiger partial charge on any atom is -0.476 e. The van der Waals surface area contributed by atoms with Gasteiger partial charge in [-0.1, -0.05) is 6.07 Å². The van der Waals surface area contributed by atoms with E-state index in [0.29, 0.717) is 17.4 Å². The summed E-state index contributed by atoms with van der Waals surface area (Å²) in [7, 11) is 0. The molecule has 0 spiro atoms. The maximum absolute atomic E-state index is 11.4. The number of thiazole rings is 1. The van der Waals surface area contributed by atoms with Crippen molar-refractivity contribution >= 4 is 17.3 Å². The largest absolute Gasteiger partial charge is 0.476 e. The predicted molar refractivity (Wildman–Crippen MR) is 115 cm³/mol. The highest BCUT2D eigenvalue weighted by Crippen LogP contribution is 2.31. The van der Waals surface area contributed by atoms with E-state index < -0.39 is 5.97 Å². The lowest BCUT2D eigenvalue weighted by Crippen LogP contribution is -2.07. The minimum absolute atomic E-state index is 0.00700. The number of carbonyl (C=O) groups is 1. The van der Waals surface area contributed by atoms with E-state index >= 15 is 0 Å². The molecule has 0 bridgehead atoms. The molecule has 4 heterocycles. The molecule has 0 saturated heterocycles. The van der Waals surface area contributed by atoms with E-state index in [-0.39, 0.29) is 18.3 Å². The average molecular weight is 436 g/mol. The molecule has 0 aliphatic heterocycles. The number of aromatic nitrogens is 6. The van der Waals surface area contributed by atoms with Crippen molar-refractivity contribution in [3.63, 3.8) is 0 Å². The Hall–Kier alpha value is -3.66. The van der Waals surface area contributed by atoms with Crippen LogP contribution >= 0.6 is 11.3 Å². The molecule has 158 valence electrons. The van der Waals surface area contributed by atoms with Crippen LogP contribution in [0.15, 0.2) is 42.7 Å². The third kappa shape index (κ3) is 4.43. The Bertz CT molecular complexity index is 1220. The standard InChI is InChI=1S/C21H20N6O3S/c1-12(2)27-17(10-16(26-27)20(28)29)14-6-4-7-15(25-14)19-13(3)24-18(31-19)11-30-21-22-8-5-9-23-21/h4-10,12H,11H2,1-3H3,(H,28,29). The lowest BCUT2D eigenvalue weighted by Gasteiger charge is -2.11. The van der Waals surface area contributed by atoms with E-state index in [4.69, 9.17) is 9.72 Å². The van der Waals surface area contributed by atoms with Crippen molar-refractivity contribution in [2.24, 2.45) is 0 Å². The van der Waals surface area contributed by atoms with Crippen molar-refractivity contribution < 1.29 is 14.6 Å². The molecule has 0 aliphatic rings. The van der Waals surface area contributed by atoms with Crippen LogP contribution in [0.4, 0.5) is 0 Å². The van der Waals surface area contributed by atoms with Gasteiger partial charge in [-0.3, -0.25) is 4.68 Å². The number of hydrogen-bond acceptors (Lipinski definition) is 8. The molecule has 0 radical (unpaired) electrons. The van der Waals surface area contributed by atoms with Crippen LogP contribution < -0.4 is 4.74 Å². The van der Waals surface area contributed by atoms with Crippen LogP contribution in [-0.2, 0) is 6.61 Å². The van der Waals surface area contributed by atoms with Crippen molar-refractivity contribution in [2.45, 2.75) is 33.4 Å². The van der Waals surface area contributed by atoms with Gasteiger partial charge in [0, 0.05) is 24.5 Å². The van der Waals surface area contributed by atoms with Crippen molar-refractivity contribution in [3.8, 4) is 28.0 Å². The van der Waals surface area contributed by atoms with Crippen LogP contribution in [0, 0.1) is 6.92 Å². The summed E-state index contributed by atoms with van der Waals surface area (Å²) in [4.78, 5) is 29.8. The Morgan fingerprint density at radius 3 is 2.61 bits per heavy atom. The van der Waals surface area contributed by atoms with Gasteiger partial charge in [-0.25, -0.2) is 24.7 Å². The van der Waals surface area contributed by atoms with Gasteiger partial charge in [-0.15, -0.1) is 11.3 Å². The summed E-state index contributed by atoms with van der Waals surface area (Å²) in [6.07, 6.45) is 3.24. The topological polar surface area (TPSA) is 116 Å². The summed E-state index contributed by atoms with van der Waals surface area (Å²) in [6, 6.07) is 9.20. The van der Waals surface area contributed by atoms with Crippen LogP contribution in [0.5, 0.6) is 6.01 Å². The highest BCUT2D eigenvalue weighted by atomic mass is 32.1. The first kappa shape index (κ1) is 20.6. The van der Waals surface area contributed by atoms with Crippen LogP contribution in [-0.4, -0.2) is 40.8 Å². The number of aromatic carboxylic acids is 1. The molecule has 10 heteroatoms. The Balaban J connectivity index is 1.63. The number of ether oxygens (including phenoxy) is 1. The van der Waals surface area contributed by atoms with E-state index in [1.807, 2.05) is 39.0 Å². The third-order valence-electron chi connectivity index (χ3n) is 4.40. The number of aryl methyl sites for hydroxylation is 1. The first-order chi connectivity index (χ1) is 14.9. The summed E-state index contributed by atoms with van der Waals surface area (Å²) < 4.78 is 7.27. The molecule has 4 aromatic rings. The second-order valence-electron chi connectivity index (χ2n) is 7.01. The molecule has 0 atom stereocenters. The van der Waals surface area contributed by atoms with Gasteiger partial charge in [0.05, 0.1) is 27.7 Å². The van der Waals surface area contributed by atoms with Crippen molar-refractivity contribution in [1.82, 2.24) is 29.7 Å². The van der Waals surface area contributed by atoms with Crippen LogP contribution in [0.1, 0.15) is 41.1 Å². The highest BCUT2D eigenvalue weighted by Gasteiger charge is 2.19. The molecule has 0 saturated carbocycles. The zero-order valence-electron chi connectivity index (χ0n) is 17.2. The normalized spacial score (nSPS) is 11.1. The molecule has 0 unspecified atom stereocenters. The molecule has 4 aromatic heterocycles. The van der Waals surface area contributed by atoms with E-state index in [1.165, 1.54) is 11.3 Å². The summed E-state index contributed by atoms with van der Waals surface area (Å²) in [5.41, 5.74) is 2.89. The highest BCUT2D eigenvalue weighted by molar-refractivity contribution is 7.15. The van der Waals surface area contributed by atoms with Gasteiger partial charge in [-0.05, 0) is 39.0 Å². The molecule has 31 heavy (non-hydrogen) atoms. The first-order valence-electron chi connectivity index (χ1n) is 9.59. The maximum Gasteiger partial charge on any atom is 0.356 e. The number of carboxylic acid groups (broad SMARTS) is 1. The van der Waals surface area contributed by atoms with Crippen LogP contribution in [0.2, 0.25) is 0 Å². The lowest BCUT2D eigenvalue weighted by atomic mass is 10.2. The van der Waals surface area contributed by atoms with Gasteiger partial charge in [0.2, 0.25) is 0 Å². The molecular formula is C21H20N6O3S. The Labute approximate surface area is 182 Å². The molecule has 0 aliphatic carbocycles. The monoisotopic (exact) mass is 436 g/mol. The summed E-state index contributed by atoms with van der Waals surface area (Å²) in [6.45, 7) is 6.07. The second-order valence-corrected chi connectivity index (χ2v) is 8.09. The Kier molecular flexibility index (Phi) is 5.72. The summed E-state index contributed by atoms with van der Waals surface area (Å²) in [5, 5.41) is 14.3. The molecular weight excluding hydrogens is 416 g/mol. The zero-order chi connectivity index (χ0) is 22.0. The molecule has 4 rings (SSSR count). The number of nitrogens with zero attached hydrogens (tertiary/aromatic N) is 6. The van der Waals surface area contributed by atoms with Gasteiger partial charge in [0.15, 0.2) is 5.69 Å². The maximum atomic E-state index is 11.4. The van der Waals surface area contributed by atoms with E-state index in [9.17, 15) is 9.90 Å². The number of rotatable bonds is 7. The zero-order valence-corrected chi connectivity index (χ0v) is 18.0. The fraction of sp³-hybridized carbons (Fsp3) is 0.238. The fourth-order valence-electron chi connectivity index (χ4n) is 3.03.